The first kappa shape index (κ1) is 7.12. The average molecular weight is 137 g/mol. The van der Waals surface area contributed by atoms with Crippen LogP contribution >= 0.6 is 0 Å². The SMILES string of the molecule is CCc1nc(C)nc(C)n1. The third-order valence-electron chi connectivity index (χ3n) is 1.22. The molecule has 10 heavy (non-hydrogen) atoms. The molecule has 0 amide bonds. The predicted octanol–water partition coefficient (Wildman–Crippen LogP) is 1.05. The van der Waals surface area contributed by atoms with Gasteiger partial charge in [0, 0.05) is 6.42 Å². The van der Waals surface area contributed by atoms with Gasteiger partial charge in [-0.1, -0.05) is 6.92 Å². The molecule has 0 aliphatic carbocycles. The van der Waals surface area contributed by atoms with Crippen LogP contribution in [0, 0.1) is 13.8 Å². The molecule has 1 rings (SSSR count). The largest absolute Gasteiger partial charge is 0.219 e. The highest BCUT2D eigenvalue weighted by Gasteiger charge is 1.95. The van der Waals surface area contributed by atoms with Crippen molar-refractivity contribution in [1.82, 2.24) is 15.0 Å². The molecule has 0 fully saturated rings. The van der Waals surface area contributed by atoms with Crippen molar-refractivity contribution in [2.24, 2.45) is 0 Å². The smallest absolute Gasteiger partial charge is 0.132 e. The third-order valence-corrected chi connectivity index (χ3v) is 1.22. The molecule has 0 saturated carbocycles. The zero-order valence-corrected chi connectivity index (χ0v) is 6.55. The first-order chi connectivity index (χ1) is 4.72. The van der Waals surface area contributed by atoms with Crippen molar-refractivity contribution in [3.8, 4) is 0 Å². The molecule has 0 spiro atoms. The fourth-order valence-corrected chi connectivity index (χ4v) is 0.841. The molecular weight excluding hydrogens is 126 g/mol. The van der Waals surface area contributed by atoms with Gasteiger partial charge in [0.15, 0.2) is 0 Å². The van der Waals surface area contributed by atoms with E-state index in [-0.39, 0.29) is 0 Å². The van der Waals surface area contributed by atoms with Crippen LogP contribution in [0.5, 0.6) is 0 Å². The number of nitrogens with zero attached hydrogens (tertiary/aromatic N) is 3. The molecule has 0 aliphatic heterocycles. The van der Waals surface area contributed by atoms with Crippen molar-refractivity contribution >= 4 is 0 Å². The number of rotatable bonds is 1. The minimum Gasteiger partial charge on any atom is -0.219 e. The second kappa shape index (κ2) is 2.73. The van der Waals surface area contributed by atoms with Crippen molar-refractivity contribution < 1.29 is 0 Å². The molecule has 54 valence electrons. The van der Waals surface area contributed by atoms with Crippen LogP contribution in [0.25, 0.3) is 0 Å². The lowest BCUT2D eigenvalue weighted by molar-refractivity contribution is 0.830. The highest BCUT2D eigenvalue weighted by Crippen LogP contribution is 1.93. The molecule has 1 aromatic heterocycles. The number of aromatic nitrogens is 3. The molecule has 3 nitrogen and oxygen atoms in total. The van der Waals surface area contributed by atoms with Gasteiger partial charge < -0.3 is 0 Å². The van der Waals surface area contributed by atoms with Crippen LogP contribution in [0.4, 0.5) is 0 Å². The van der Waals surface area contributed by atoms with Gasteiger partial charge in [-0.25, -0.2) is 15.0 Å². The van der Waals surface area contributed by atoms with Gasteiger partial charge in [0.25, 0.3) is 0 Å². The Balaban J connectivity index is 3.06. The van der Waals surface area contributed by atoms with Crippen molar-refractivity contribution in [3.05, 3.63) is 17.5 Å². The lowest BCUT2D eigenvalue weighted by atomic mass is 10.4. The number of hydrogen-bond acceptors (Lipinski definition) is 3. The Morgan fingerprint density at radius 3 is 1.90 bits per heavy atom. The minimum absolute atomic E-state index is 0.810. The van der Waals surface area contributed by atoms with E-state index in [1.54, 1.807) is 0 Å². The molecule has 0 N–H and O–H groups in total. The minimum atomic E-state index is 0.810. The van der Waals surface area contributed by atoms with E-state index in [9.17, 15) is 0 Å². The van der Waals surface area contributed by atoms with E-state index in [4.69, 9.17) is 0 Å². The van der Waals surface area contributed by atoms with Crippen molar-refractivity contribution in [1.29, 1.82) is 0 Å². The Bertz CT molecular complexity index is 212. The molecule has 1 heterocycles. The first-order valence-corrected chi connectivity index (χ1v) is 3.40. The Kier molecular flexibility index (Phi) is 1.94. The second-order valence-electron chi connectivity index (χ2n) is 2.20. The molecule has 0 aromatic carbocycles. The maximum absolute atomic E-state index is 4.13. The summed E-state index contributed by atoms with van der Waals surface area (Å²) in [5, 5.41) is 0. The molecular formula is C7H11N3. The summed E-state index contributed by atoms with van der Waals surface area (Å²) in [6.07, 6.45) is 0.879. The van der Waals surface area contributed by atoms with Crippen molar-refractivity contribution in [3.63, 3.8) is 0 Å². The Labute approximate surface area is 60.6 Å². The van der Waals surface area contributed by atoms with Crippen LogP contribution in [0.15, 0.2) is 0 Å². The fraction of sp³-hybridized carbons (Fsp3) is 0.571. The summed E-state index contributed by atoms with van der Waals surface area (Å²) >= 11 is 0. The summed E-state index contributed by atoms with van der Waals surface area (Å²) in [5.41, 5.74) is 0. The van der Waals surface area contributed by atoms with Crippen LogP contribution in [0.1, 0.15) is 24.4 Å². The topological polar surface area (TPSA) is 38.7 Å². The van der Waals surface area contributed by atoms with Gasteiger partial charge >= 0.3 is 0 Å². The Hall–Kier alpha value is -0.990. The van der Waals surface area contributed by atoms with E-state index in [2.05, 4.69) is 15.0 Å². The van der Waals surface area contributed by atoms with E-state index in [0.717, 1.165) is 23.9 Å². The summed E-state index contributed by atoms with van der Waals surface area (Å²) in [6.45, 7) is 5.80. The molecule has 0 bridgehead atoms. The monoisotopic (exact) mass is 137 g/mol. The van der Waals surface area contributed by atoms with Crippen LogP contribution in [0.2, 0.25) is 0 Å². The average Bonchev–Trinajstić information content (AvgIpc) is 1.85. The van der Waals surface area contributed by atoms with E-state index < -0.39 is 0 Å². The second-order valence-corrected chi connectivity index (χ2v) is 2.20. The Morgan fingerprint density at radius 2 is 1.50 bits per heavy atom. The van der Waals surface area contributed by atoms with E-state index in [1.165, 1.54) is 0 Å². The molecule has 3 heteroatoms. The zero-order valence-electron chi connectivity index (χ0n) is 6.55. The highest BCUT2D eigenvalue weighted by atomic mass is 15.0. The van der Waals surface area contributed by atoms with Crippen molar-refractivity contribution in [2.45, 2.75) is 27.2 Å². The predicted molar refractivity (Wildman–Crippen MR) is 38.7 cm³/mol. The van der Waals surface area contributed by atoms with Gasteiger partial charge in [-0.05, 0) is 13.8 Å². The molecule has 0 aliphatic rings. The summed E-state index contributed by atoms with van der Waals surface area (Å²) in [4.78, 5) is 12.3. The Morgan fingerprint density at radius 1 is 1.00 bits per heavy atom. The van der Waals surface area contributed by atoms with Crippen molar-refractivity contribution in [2.75, 3.05) is 0 Å². The van der Waals surface area contributed by atoms with Crippen LogP contribution in [-0.2, 0) is 6.42 Å². The van der Waals surface area contributed by atoms with Gasteiger partial charge in [-0.2, -0.15) is 0 Å². The molecule has 0 saturated heterocycles. The number of aryl methyl sites for hydroxylation is 3. The highest BCUT2D eigenvalue weighted by molar-refractivity contribution is 4.93. The van der Waals surface area contributed by atoms with E-state index >= 15 is 0 Å². The number of hydrogen-bond donors (Lipinski definition) is 0. The van der Waals surface area contributed by atoms with Gasteiger partial charge in [0.05, 0.1) is 0 Å². The quantitative estimate of drug-likeness (QED) is 0.580. The van der Waals surface area contributed by atoms with Crippen LogP contribution in [0.3, 0.4) is 0 Å². The summed E-state index contributed by atoms with van der Waals surface area (Å²) in [6, 6.07) is 0. The maximum Gasteiger partial charge on any atom is 0.132 e. The molecule has 0 atom stereocenters. The van der Waals surface area contributed by atoms with Gasteiger partial charge in [-0.15, -0.1) is 0 Å². The first-order valence-electron chi connectivity index (χ1n) is 3.40. The lowest BCUT2D eigenvalue weighted by Crippen LogP contribution is -2.00. The fourth-order valence-electron chi connectivity index (χ4n) is 0.841. The van der Waals surface area contributed by atoms with E-state index in [1.807, 2.05) is 20.8 Å². The molecule has 1 aromatic rings. The van der Waals surface area contributed by atoms with Crippen LogP contribution < -0.4 is 0 Å². The maximum atomic E-state index is 4.13. The van der Waals surface area contributed by atoms with Gasteiger partial charge in [-0.3, -0.25) is 0 Å². The normalized spacial score (nSPS) is 9.90. The zero-order chi connectivity index (χ0) is 7.56. The summed E-state index contributed by atoms with van der Waals surface area (Å²) < 4.78 is 0. The summed E-state index contributed by atoms with van der Waals surface area (Å²) in [7, 11) is 0. The van der Waals surface area contributed by atoms with Gasteiger partial charge in [0.2, 0.25) is 0 Å². The molecule has 0 radical (unpaired) electrons. The summed E-state index contributed by atoms with van der Waals surface area (Å²) in [5.74, 6) is 2.50. The lowest BCUT2D eigenvalue weighted by Gasteiger charge is -1.97. The molecule has 0 unspecified atom stereocenters. The standard InChI is InChI=1S/C7H11N3/c1-4-7-9-5(2)8-6(3)10-7/h4H2,1-3H3. The van der Waals surface area contributed by atoms with Gasteiger partial charge in [0.1, 0.15) is 17.5 Å². The van der Waals surface area contributed by atoms with E-state index in [0.29, 0.717) is 0 Å². The third kappa shape index (κ3) is 1.50. The van der Waals surface area contributed by atoms with Crippen LogP contribution in [-0.4, -0.2) is 15.0 Å².